The summed E-state index contributed by atoms with van der Waals surface area (Å²) in [6.45, 7) is 1.62. The minimum Gasteiger partial charge on any atom is -0.324 e. The van der Waals surface area contributed by atoms with Crippen LogP contribution in [0.2, 0.25) is 0 Å². The van der Waals surface area contributed by atoms with E-state index in [4.69, 9.17) is 5.73 Å². The van der Waals surface area contributed by atoms with Gasteiger partial charge in [0.15, 0.2) is 0 Å². The Bertz CT molecular complexity index is 505. The Kier molecular flexibility index (Phi) is 5.75. The Labute approximate surface area is 116 Å². The maximum Gasteiger partial charge on any atom is 0.150 e. The minimum absolute atomic E-state index is 0.129. The van der Waals surface area contributed by atoms with Crippen molar-refractivity contribution in [3.63, 3.8) is 0 Å². The number of benzene rings is 1. The molecule has 102 valence electrons. The second-order valence-corrected chi connectivity index (χ2v) is 7.48. The lowest BCUT2D eigenvalue weighted by Gasteiger charge is -2.13. The van der Waals surface area contributed by atoms with E-state index >= 15 is 0 Å². The summed E-state index contributed by atoms with van der Waals surface area (Å²) in [5.41, 5.74) is 6.61. The molecule has 3 nitrogen and oxygen atoms in total. The summed E-state index contributed by atoms with van der Waals surface area (Å²) in [7, 11) is -2.96. The number of hydrogen-bond donors (Lipinski definition) is 1. The highest BCUT2D eigenvalue weighted by molar-refractivity contribution is 9.10. The first-order chi connectivity index (χ1) is 8.35. The highest BCUT2D eigenvalue weighted by Gasteiger charge is 2.13. The lowest BCUT2D eigenvalue weighted by molar-refractivity contribution is 0.579. The number of nitrogens with two attached hydrogens (primary N) is 1. The topological polar surface area (TPSA) is 60.2 Å². The Balaban J connectivity index is 2.61. The molecular formula is C12H17BrFNO2S. The smallest absolute Gasteiger partial charge is 0.150 e. The third kappa shape index (κ3) is 4.66. The van der Waals surface area contributed by atoms with Crippen LogP contribution in [-0.2, 0) is 9.84 Å². The predicted octanol–water partition coefficient (Wildman–Crippen LogP) is 2.80. The van der Waals surface area contributed by atoms with Gasteiger partial charge < -0.3 is 5.73 Å². The summed E-state index contributed by atoms with van der Waals surface area (Å²) in [5.74, 6) is -0.0689. The van der Waals surface area contributed by atoms with Gasteiger partial charge in [-0.3, -0.25) is 0 Å². The van der Waals surface area contributed by atoms with Crippen molar-refractivity contribution in [2.45, 2.75) is 25.8 Å². The van der Waals surface area contributed by atoms with E-state index in [0.29, 0.717) is 18.4 Å². The molecule has 0 heterocycles. The highest BCUT2D eigenvalue weighted by atomic mass is 79.9. The van der Waals surface area contributed by atoms with Gasteiger partial charge in [0, 0.05) is 16.3 Å². The van der Waals surface area contributed by atoms with Gasteiger partial charge >= 0.3 is 0 Å². The second-order valence-electron chi connectivity index (χ2n) is 4.15. The van der Waals surface area contributed by atoms with Gasteiger partial charge in [-0.05, 0) is 36.6 Å². The lowest BCUT2D eigenvalue weighted by atomic mass is 10.0. The van der Waals surface area contributed by atoms with Crippen molar-refractivity contribution >= 4 is 25.8 Å². The highest BCUT2D eigenvalue weighted by Crippen LogP contribution is 2.25. The zero-order valence-electron chi connectivity index (χ0n) is 10.2. The standard InChI is InChI=1S/C12H17BrFNO2S/c1-2-18(16,17)7-3-4-12(15)10-8-9(14)5-6-11(10)13/h5-6,8,12H,2-4,7,15H2,1H3. The van der Waals surface area contributed by atoms with Crippen LogP contribution in [0.5, 0.6) is 0 Å². The van der Waals surface area contributed by atoms with Crippen molar-refractivity contribution in [1.82, 2.24) is 0 Å². The Hall–Kier alpha value is -0.460. The second kappa shape index (κ2) is 6.63. The quantitative estimate of drug-likeness (QED) is 0.868. The molecule has 1 rings (SSSR count). The fourth-order valence-corrected chi connectivity index (χ4v) is 3.06. The molecule has 0 aromatic heterocycles. The van der Waals surface area contributed by atoms with E-state index in [0.717, 1.165) is 4.47 Å². The van der Waals surface area contributed by atoms with Crippen LogP contribution in [0.3, 0.4) is 0 Å². The van der Waals surface area contributed by atoms with Gasteiger partial charge in [0.25, 0.3) is 0 Å². The minimum atomic E-state index is -2.96. The van der Waals surface area contributed by atoms with Crippen LogP contribution in [0.25, 0.3) is 0 Å². The molecule has 1 aromatic rings. The van der Waals surface area contributed by atoms with Crippen molar-refractivity contribution in [3.8, 4) is 0 Å². The first-order valence-electron chi connectivity index (χ1n) is 5.76. The molecule has 6 heteroatoms. The molecule has 0 saturated carbocycles. The van der Waals surface area contributed by atoms with Crippen molar-refractivity contribution in [3.05, 3.63) is 34.1 Å². The fourth-order valence-electron chi connectivity index (χ4n) is 1.62. The summed E-state index contributed by atoms with van der Waals surface area (Å²) < 4.78 is 36.5. The van der Waals surface area contributed by atoms with Crippen LogP contribution in [-0.4, -0.2) is 19.9 Å². The van der Waals surface area contributed by atoms with Crippen LogP contribution in [0, 0.1) is 5.82 Å². The monoisotopic (exact) mass is 337 g/mol. The Morgan fingerprint density at radius 2 is 2.11 bits per heavy atom. The number of halogens is 2. The molecule has 0 aliphatic carbocycles. The number of hydrogen-bond acceptors (Lipinski definition) is 3. The molecule has 0 aliphatic rings. The third-order valence-corrected chi connectivity index (χ3v) is 5.28. The molecule has 0 saturated heterocycles. The van der Waals surface area contributed by atoms with Crippen molar-refractivity contribution in [1.29, 1.82) is 0 Å². The lowest BCUT2D eigenvalue weighted by Crippen LogP contribution is -2.15. The van der Waals surface area contributed by atoms with Gasteiger partial charge in [-0.15, -0.1) is 0 Å². The van der Waals surface area contributed by atoms with E-state index in [2.05, 4.69) is 15.9 Å². The van der Waals surface area contributed by atoms with Gasteiger partial charge in [-0.25, -0.2) is 12.8 Å². The Morgan fingerprint density at radius 1 is 1.44 bits per heavy atom. The molecule has 0 amide bonds. The molecular weight excluding hydrogens is 321 g/mol. The number of sulfone groups is 1. The molecule has 0 bridgehead atoms. The van der Waals surface area contributed by atoms with E-state index in [1.54, 1.807) is 13.0 Å². The van der Waals surface area contributed by atoms with E-state index < -0.39 is 9.84 Å². The summed E-state index contributed by atoms with van der Waals surface area (Å²) >= 11 is 3.31. The maximum absolute atomic E-state index is 13.1. The van der Waals surface area contributed by atoms with Crippen LogP contribution >= 0.6 is 15.9 Å². The van der Waals surface area contributed by atoms with Gasteiger partial charge in [0.05, 0.1) is 5.75 Å². The van der Waals surface area contributed by atoms with Gasteiger partial charge in [-0.2, -0.15) is 0 Å². The van der Waals surface area contributed by atoms with Gasteiger partial charge in [0.1, 0.15) is 15.7 Å². The molecule has 1 unspecified atom stereocenters. The first kappa shape index (κ1) is 15.6. The zero-order valence-corrected chi connectivity index (χ0v) is 12.6. The Morgan fingerprint density at radius 3 is 2.72 bits per heavy atom. The molecule has 1 atom stereocenters. The molecule has 1 aromatic carbocycles. The molecule has 0 fully saturated rings. The predicted molar refractivity (Wildman–Crippen MR) is 74.6 cm³/mol. The fraction of sp³-hybridized carbons (Fsp3) is 0.500. The van der Waals surface area contributed by atoms with Crippen molar-refractivity contribution in [2.75, 3.05) is 11.5 Å². The van der Waals surface area contributed by atoms with E-state index in [1.807, 2.05) is 0 Å². The molecule has 0 radical (unpaired) electrons. The van der Waals surface area contributed by atoms with E-state index in [9.17, 15) is 12.8 Å². The summed E-state index contributed by atoms with van der Waals surface area (Å²) in [6.07, 6.45) is 1.00. The normalized spacial score (nSPS) is 13.6. The third-order valence-electron chi connectivity index (χ3n) is 2.77. The van der Waals surface area contributed by atoms with Crippen LogP contribution in [0.15, 0.2) is 22.7 Å². The molecule has 2 N–H and O–H groups in total. The maximum atomic E-state index is 13.1. The van der Waals surface area contributed by atoms with Gasteiger partial charge in [-0.1, -0.05) is 22.9 Å². The van der Waals surface area contributed by atoms with Crippen LogP contribution in [0.4, 0.5) is 4.39 Å². The summed E-state index contributed by atoms with van der Waals surface area (Å²) in [4.78, 5) is 0. The van der Waals surface area contributed by atoms with E-state index in [-0.39, 0.29) is 23.4 Å². The molecule has 0 aliphatic heterocycles. The largest absolute Gasteiger partial charge is 0.324 e. The van der Waals surface area contributed by atoms with Crippen LogP contribution in [0.1, 0.15) is 31.4 Å². The average molecular weight is 338 g/mol. The van der Waals surface area contributed by atoms with Crippen molar-refractivity contribution in [2.24, 2.45) is 5.73 Å². The summed E-state index contributed by atoms with van der Waals surface area (Å²) in [5, 5.41) is 0. The van der Waals surface area contributed by atoms with E-state index in [1.165, 1.54) is 12.1 Å². The molecule has 18 heavy (non-hydrogen) atoms. The van der Waals surface area contributed by atoms with Crippen LogP contribution < -0.4 is 5.73 Å². The summed E-state index contributed by atoms with van der Waals surface area (Å²) in [6, 6.07) is 3.97. The first-order valence-corrected chi connectivity index (χ1v) is 8.38. The number of rotatable bonds is 6. The SMILES string of the molecule is CCS(=O)(=O)CCCC(N)c1cc(F)ccc1Br. The van der Waals surface area contributed by atoms with Gasteiger partial charge in [0.2, 0.25) is 0 Å². The molecule has 0 spiro atoms. The van der Waals surface area contributed by atoms with Crippen molar-refractivity contribution < 1.29 is 12.8 Å². The zero-order chi connectivity index (χ0) is 13.8. The average Bonchev–Trinajstić information content (AvgIpc) is 2.32.